The molecule has 0 spiro atoms. The largest absolute Gasteiger partial charge is 0.497 e. The number of carbonyl (C=O) groups excluding carboxylic acids is 4. The summed E-state index contributed by atoms with van der Waals surface area (Å²) in [6.07, 6.45) is 0.160. The summed E-state index contributed by atoms with van der Waals surface area (Å²) in [6, 6.07) is 14.6. The number of rotatable bonds is 12. The van der Waals surface area contributed by atoms with Gasteiger partial charge in [0.2, 0.25) is 21.8 Å². The predicted molar refractivity (Wildman–Crippen MR) is 199 cm³/mol. The van der Waals surface area contributed by atoms with Crippen LogP contribution in [0.25, 0.3) is 22.2 Å². The molecule has 53 heavy (non-hydrogen) atoms. The molecule has 2 aromatic carbocycles. The minimum Gasteiger partial charge on any atom is -0.497 e. The molecular weight excluding hydrogens is 703 g/mol. The van der Waals surface area contributed by atoms with Gasteiger partial charge in [-0.2, -0.15) is 0 Å². The number of ether oxygens (including phenoxy) is 3. The van der Waals surface area contributed by atoms with E-state index in [2.05, 4.69) is 10.6 Å². The van der Waals surface area contributed by atoms with Gasteiger partial charge in [-0.15, -0.1) is 0 Å². The Hall–Kier alpha value is -4.92. The highest BCUT2D eigenvalue weighted by Gasteiger charge is 2.61. The van der Waals surface area contributed by atoms with Crippen molar-refractivity contribution in [3.8, 4) is 22.8 Å². The number of hydrogen-bond donors (Lipinski definition) is 3. The van der Waals surface area contributed by atoms with Gasteiger partial charge >= 0.3 is 6.09 Å². The van der Waals surface area contributed by atoms with E-state index >= 15 is 0 Å². The van der Waals surface area contributed by atoms with Crippen LogP contribution in [0.2, 0.25) is 0 Å². The van der Waals surface area contributed by atoms with E-state index in [4.69, 9.17) is 19.2 Å². The Kier molecular flexibility index (Phi) is 11.3. The van der Waals surface area contributed by atoms with E-state index in [1.165, 1.54) is 4.90 Å². The first-order valence-corrected chi connectivity index (χ1v) is 19.6. The van der Waals surface area contributed by atoms with Crippen molar-refractivity contribution in [3.63, 3.8) is 0 Å². The van der Waals surface area contributed by atoms with E-state index in [0.29, 0.717) is 34.5 Å². The van der Waals surface area contributed by atoms with Crippen LogP contribution in [0.3, 0.4) is 0 Å². The van der Waals surface area contributed by atoms with E-state index in [0.717, 1.165) is 11.8 Å². The molecule has 1 aliphatic heterocycles. The number of amides is 4. The molecule has 4 amide bonds. The summed E-state index contributed by atoms with van der Waals surface area (Å²) in [5, 5.41) is 6.18. The lowest BCUT2D eigenvalue weighted by molar-refractivity contribution is -0.142. The summed E-state index contributed by atoms with van der Waals surface area (Å²) in [6.45, 7) is 10.5. The van der Waals surface area contributed by atoms with Gasteiger partial charge in [0.15, 0.2) is 0 Å². The summed E-state index contributed by atoms with van der Waals surface area (Å²) < 4.78 is 43.5. The Morgan fingerprint density at radius 3 is 2.34 bits per heavy atom. The van der Waals surface area contributed by atoms with Crippen LogP contribution in [0.4, 0.5) is 4.79 Å². The van der Waals surface area contributed by atoms with Crippen molar-refractivity contribution in [1.82, 2.24) is 25.2 Å². The SMILES string of the molecule is CC[C@@H]1C[C@]1(NC(=O)[C@@H]1C[C@@H](Oc2cc(-c3ccccc3)nc3cc(OC)ccc23)CN1C(=O)[C@@H](NC(=O)OC(C)(C)C)C(C)C)C(=O)NS(C)(=O)=O. The maximum Gasteiger partial charge on any atom is 0.408 e. The van der Waals surface area contributed by atoms with Crippen molar-refractivity contribution >= 4 is 44.7 Å². The molecule has 14 nitrogen and oxygen atoms in total. The molecule has 2 fully saturated rings. The number of nitrogens with one attached hydrogen (secondary N) is 3. The van der Waals surface area contributed by atoms with Crippen molar-refractivity contribution in [2.75, 3.05) is 19.9 Å². The average Bonchev–Trinajstić information content (AvgIpc) is 3.64. The number of hydrogen-bond acceptors (Lipinski definition) is 10. The number of nitrogens with zero attached hydrogens (tertiary/aromatic N) is 2. The maximum atomic E-state index is 14.4. The second-order valence-electron chi connectivity index (χ2n) is 15.1. The Labute approximate surface area is 310 Å². The molecular formula is C38H49N5O9S. The van der Waals surface area contributed by atoms with Gasteiger partial charge in [-0.05, 0) is 51.2 Å². The van der Waals surface area contributed by atoms with Crippen molar-refractivity contribution in [1.29, 1.82) is 0 Å². The molecule has 1 saturated heterocycles. The van der Waals surface area contributed by atoms with Crippen molar-refractivity contribution in [2.24, 2.45) is 11.8 Å². The molecule has 0 bridgehead atoms. The number of sulfonamides is 1. The molecule has 1 saturated carbocycles. The fourth-order valence-corrected chi connectivity index (χ4v) is 7.23. The van der Waals surface area contributed by atoms with Crippen LogP contribution in [-0.2, 0) is 29.1 Å². The molecule has 0 radical (unpaired) electrons. The summed E-state index contributed by atoms with van der Waals surface area (Å²) in [7, 11) is -2.35. The van der Waals surface area contributed by atoms with Crippen LogP contribution >= 0.6 is 0 Å². The predicted octanol–water partition coefficient (Wildman–Crippen LogP) is 4.17. The Balaban J connectivity index is 1.50. The minimum atomic E-state index is -3.91. The molecule has 3 N–H and O–H groups in total. The highest BCUT2D eigenvalue weighted by atomic mass is 32.2. The first kappa shape index (κ1) is 39.3. The van der Waals surface area contributed by atoms with Gasteiger partial charge in [0.05, 0.1) is 31.1 Å². The lowest BCUT2D eigenvalue weighted by Gasteiger charge is -2.31. The Morgan fingerprint density at radius 1 is 1.06 bits per heavy atom. The Morgan fingerprint density at radius 2 is 1.75 bits per heavy atom. The molecule has 0 unspecified atom stereocenters. The summed E-state index contributed by atoms with van der Waals surface area (Å²) in [5.41, 5.74) is -0.176. The van der Waals surface area contributed by atoms with Crippen LogP contribution < -0.4 is 24.8 Å². The molecule has 2 aliphatic rings. The van der Waals surface area contributed by atoms with Gasteiger partial charge < -0.3 is 29.7 Å². The number of methoxy groups -OCH3 is 1. The lowest BCUT2D eigenvalue weighted by Crippen LogP contribution is -2.59. The van der Waals surface area contributed by atoms with Crippen LogP contribution in [-0.4, -0.2) is 91.4 Å². The van der Waals surface area contributed by atoms with Crippen LogP contribution in [0.5, 0.6) is 11.5 Å². The van der Waals surface area contributed by atoms with Gasteiger partial charge in [-0.25, -0.2) is 18.2 Å². The minimum absolute atomic E-state index is 0.0312. The first-order chi connectivity index (χ1) is 24.8. The van der Waals surface area contributed by atoms with Crippen molar-refractivity contribution < 1.29 is 41.8 Å². The standard InChI is InChI=1S/C38H49N5O9S/c1-9-24-20-38(24,35(46)42-53(8,48)49)41-33(44)30-18-26(21-43(30)34(45)32(22(2)3)40-36(47)52-37(4,5)6)51-31-19-28(23-13-11-10-12-14-23)39-29-17-25(50-7)15-16-27(29)31/h10-17,19,22,24,26,30,32H,9,18,20-21H2,1-8H3,(H,40,47)(H,41,44)(H,42,46)/t24-,26-,30+,32+,38-/m1/s1. The third-order valence-electron chi connectivity index (χ3n) is 9.42. The summed E-state index contributed by atoms with van der Waals surface area (Å²) in [4.78, 5) is 61.0. The normalized spacial score (nSPS) is 21.8. The highest BCUT2D eigenvalue weighted by Crippen LogP contribution is 2.46. The maximum absolute atomic E-state index is 14.4. The molecule has 1 aromatic heterocycles. The van der Waals surface area contributed by atoms with Crippen molar-refractivity contribution in [3.05, 3.63) is 54.6 Å². The first-order valence-electron chi connectivity index (χ1n) is 17.7. The number of fused-ring (bicyclic) bond motifs is 1. The van der Waals surface area contributed by atoms with E-state index in [9.17, 15) is 27.6 Å². The number of likely N-dealkylation sites (tertiary alicyclic amines) is 1. The van der Waals surface area contributed by atoms with Crippen LogP contribution in [0.15, 0.2) is 54.6 Å². The van der Waals surface area contributed by atoms with E-state index in [-0.39, 0.29) is 25.3 Å². The van der Waals surface area contributed by atoms with E-state index < -0.39 is 69.1 Å². The number of carbonyl (C=O) groups is 4. The average molecular weight is 752 g/mol. The Bertz CT molecular complexity index is 1980. The van der Waals surface area contributed by atoms with Gasteiger partial charge in [-0.1, -0.05) is 57.5 Å². The fraction of sp³-hybridized carbons (Fsp3) is 0.500. The third-order valence-corrected chi connectivity index (χ3v) is 9.98. The quantitative estimate of drug-likeness (QED) is 0.243. The molecule has 3 aromatic rings. The lowest BCUT2D eigenvalue weighted by atomic mass is 10.0. The van der Waals surface area contributed by atoms with E-state index in [1.807, 2.05) is 54.1 Å². The molecule has 5 atom stereocenters. The molecule has 5 rings (SSSR count). The second-order valence-corrected chi connectivity index (χ2v) is 16.8. The van der Waals surface area contributed by atoms with Crippen LogP contribution in [0.1, 0.15) is 60.8 Å². The van der Waals surface area contributed by atoms with Gasteiger partial charge in [-0.3, -0.25) is 19.1 Å². The number of aromatic nitrogens is 1. The van der Waals surface area contributed by atoms with Crippen LogP contribution in [0, 0.1) is 11.8 Å². The zero-order chi connectivity index (χ0) is 38.9. The number of pyridine rings is 1. The number of benzene rings is 2. The number of alkyl carbamates (subject to hydrolysis) is 1. The molecule has 15 heteroatoms. The highest BCUT2D eigenvalue weighted by molar-refractivity contribution is 7.89. The summed E-state index contributed by atoms with van der Waals surface area (Å²) >= 11 is 0. The van der Waals surface area contributed by atoms with E-state index in [1.54, 1.807) is 53.9 Å². The molecule has 286 valence electrons. The van der Waals surface area contributed by atoms with Crippen molar-refractivity contribution in [2.45, 2.75) is 90.1 Å². The third kappa shape index (κ3) is 9.18. The van der Waals surface area contributed by atoms with Gasteiger partial charge in [0.25, 0.3) is 5.91 Å². The molecule has 2 heterocycles. The zero-order valence-corrected chi connectivity index (χ0v) is 32.2. The second kappa shape index (κ2) is 15.2. The van der Waals surface area contributed by atoms with Gasteiger partial charge in [0, 0.05) is 29.5 Å². The molecule has 1 aliphatic carbocycles. The summed E-state index contributed by atoms with van der Waals surface area (Å²) in [5.74, 6) is -1.64. The van der Waals surface area contributed by atoms with Gasteiger partial charge in [0.1, 0.15) is 40.8 Å². The fourth-order valence-electron chi connectivity index (χ4n) is 6.71. The smallest absolute Gasteiger partial charge is 0.408 e. The monoisotopic (exact) mass is 751 g/mol. The topological polar surface area (TPSA) is 182 Å². The zero-order valence-electron chi connectivity index (χ0n) is 31.4.